The summed E-state index contributed by atoms with van der Waals surface area (Å²) in [7, 11) is 3.37. The Balaban J connectivity index is 2.90. The van der Waals surface area contributed by atoms with Crippen LogP contribution in [0.15, 0.2) is 18.2 Å². The third kappa shape index (κ3) is 2.61. The molecule has 5 heteroatoms. The van der Waals surface area contributed by atoms with E-state index in [1.54, 1.807) is 20.2 Å². The number of amides is 1. The number of aromatic hydroxyl groups is 1. The van der Waals surface area contributed by atoms with Crippen LogP contribution < -0.4 is 5.43 Å². The number of rotatable bonds is 2. The zero-order valence-corrected chi connectivity index (χ0v) is 8.67. The molecule has 2 N–H and O–H groups in total. The molecule has 0 fully saturated rings. The van der Waals surface area contributed by atoms with Crippen molar-refractivity contribution in [1.29, 1.82) is 0 Å². The second-order valence-corrected chi connectivity index (χ2v) is 3.43. The minimum Gasteiger partial charge on any atom is -0.507 e. The van der Waals surface area contributed by atoms with Crippen LogP contribution in [0.25, 0.3) is 0 Å². The van der Waals surface area contributed by atoms with Crippen molar-refractivity contribution >= 4 is 17.5 Å². The predicted molar refractivity (Wildman–Crippen MR) is 54.3 cm³/mol. The van der Waals surface area contributed by atoms with Crippen LogP contribution in [-0.4, -0.2) is 30.1 Å². The van der Waals surface area contributed by atoms with E-state index in [0.717, 1.165) is 0 Å². The Labute approximate surface area is 87.1 Å². The van der Waals surface area contributed by atoms with E-state index >= 15 is 0 Å². The van der Waals surface area contributed by atoms with E-state index in [2.05, 4.69) is 5.43 Å². The molecule has 0 aliphatic carbocycles. The molecule has 0 saturated carbocycles. The summed E-state index contributed by atoms with van der Waals surface area (Å²) in [5.74, 6) is -0.499. The van der Waals surface area contributed by atoms with Gasteiger partial charge >= 0.3 is 0 Å². The molecule has 0 aliphatic rings. The van der Waals surface area contributed by atoms with Crippen LogP contribution in [0.4, 0.5) is 0 Å². The van der Waals surface area contributed by atoms with Gasteiger partial charge in [0.25, 0.3) is 5.91 Å². The van der Waals surface area contributed by atoms with Gasteiger partial charge in [-0.1, -0.05) is 11.6 Å². The standard InChI is InChI=1S/C9H11ClN2O2/c1-12(2)11-9(14)7-4-3-6(10)5-8(7)13/h3-5,13H,1-2H3,(H,11,14). The lowest BCUT2D eigenvalue weighted by atomic mass is 10.2. The van der Waals surface area contributed by atoms with Crippen molar-refractivity contribution < 1.29 is 9.90 Å². The highest BCUT2D eigenvalue weighted by atomic mass is 35.5. The minimum absolute atomic E-state index is 0.128. The van der Waals surface area contributed by atoms with Gasteiger partial charge in [-0.3, -0.25) is 10.2 Å². The number of hydrazine groups is 1. The molecule has 0 atom stereocenters. The van der Waals surface area contributed by atoms with Crippen LogP contribution in [0.3, 0.4) is 0 Å². The monoisotopic (exact) mass is 214 g/mol. The van der Waals surface area contributed by atoms with Gasteiger partial charge < -0.3 is 5.11 Å². The Bertz CT molecular complexity index is 353. The molecule has 0 heterocycles. The van der Waals surface area contributed by atoms with Crippen molar-refractivity contribution in [2.45, 2.75) is 0 Å². The highest BCUT2D eigenvalue weighted by Crippen LogP contribution is 2.21. The molecule has 4 nitrogen and oxygen atoms in total. The van der Waals surface area contributed by atoms with Crippen LogP contribution in [0.5, 0.6) is 5.75 Å². The summed E-state index contributed by atoms with van der Waals surface area (Å²) >= 11 is 5.63. The maximum absolute atomic E-state index is 11.4. The Morgan fingerprint density at radius 3 is 2.64 bits per heavy atom. The van der Waals surface area contributed by atoms with Crippen LogP contribution in [-0.2, 0) is 0 Å². The van der Waals surface area contributed by atoms with Crippen molar-refractivity contribution in [3.8, 4) is 5.75 Å². The summed E-state index contributed by atoms with van der Waals surface area (Å²) in [6, 6.07) is 4.34. The Kier molecular flexibility index (Phi) is 3.33. The number of carbonyl (C=O) groups is 1. The first-order valence-electron chi connectivity index (χ1n) is 3.97. The first kappa shape index (κ1) is 10.8. The number of carbonyl (C=O) groups excluding carboxylic acids is 1. The molecule has 0 bridgehead atoms. The molecular weight excluding hydrogens is 204 g/mol. The van der Waals surface area contributed by atoms with Crippen molar-refractivity contribution in [3.05, 3.63) is 28.8 Å². The molecule has 0 spiro atoms. The van der Waals surface area contributed by atoms with Gasteiger partial charge in [0.1, 0.15) is 5.75 Å². The Hall–Kier alpha value is -1.26. The van der Waals surface area contributed by atoms with Gasteiger partial charge in [0.15, 0.2) is 0 Å². The first-order chi connectivity index (χ1) is 6.50. The highest BCUT2D eigenvalue weighted by molar-refractivity contribution is 6.30. The Morgan fingerprint density at radius 2 is 2.14 bits per heavy atom. The second-order valence-electron chi connectivity index (χ2n) is 3.00. The molecule has 1 rings (SSSR count). The number of nitrogens with zero attached hydrogens (tertiary/aromatic N) is 1. The highest BCUT2D eigenvalue weighted by Gasteiger charge is 2.11. The third-order valence-electron chi connectivity index (χ3n) is 1.53. The lowest BCUT2D eigenvalue weighted by molar-refractivity contribution is 0.0854. The van der Waals surface area contributed by atoms with Crippen molar-refractivity contribution in [2.75, 3.05) is 14.1 Å². The van der Waals surface area contributed by atoms with Crippen molar-refractivity contribution in [3.63, 3.8) is 0 Å². The lowest BCUT2D eigenvalue weighted by Crippen LogP contribution is -2.36. The quantitative estimate of drug-likeness (QED) is 0.729. The van der Waals surface area contributed by atoms with Crippen LogP contribution >= 0.6 is 11.6 Å². The summed E-state index contributed by atoms with van der Waals surface area (Å²) in [5.41, 5.74) is 2.71. The molecule has 0 aromatic heterocycles. The summed E-state index contributed by atoms with van der Waals surface area (Å²) in [6.07, 6.45) is 0. The topological polar surface area (TPSA) is 52.6 Å². The maximum Gasteiger partial charge on any atom is 0.269 e. The first-order valence-corrected chi connectivity index (χ1v) is 4.35. The number of phenols is 1. The van der Waals surface area contributed by atoms with Crippen molar-refractivity contribution in [2.24, 2.45) is 0 Å². The van der Waals surface area contributed by atoms with Gasteiger partial charge in [0.05, 0.1) is 5.56 Å². The molecule has 1 aromatic carbocycles. The van der Waals surface area contributed by atoms with E-state index in [1.165, 1.54) is 17.1 Å². The van der Waals surface area contributed by atoms with Gasteiger partial charge in [-0.15, -0.1) is 0 Å². The molecule has 0 unspecified atom stereocenters. The summed E-state index contributed by atoms with van der Waals surface area (Å²) in [4.78, 5) is 11.4. The number of nitrogens with one attached hydrogen (secondary N) is 1. The molecule has 0 aliphatic heterocycles. The summed E-state index contributed by atoms with van der Waals surface area (Å²) < 4.78 is 0. The summed E-state index contributed by atoms with van der Waals surface area (Å²) in [5, 5.41) is 11.3. The molecule has 0 saturated heterocycles. The normalized spacial score (nSPS) is 10.3. The van der Waals surface area contributed by atoms with E-state index in [4.69, 9.17) is 11.6 Å². The molecular formula is C9H11ClN2O2. The van der Waals surface area contributed by atoms with E-state index < -0.39 is 0 Å². The zero-order valence-electron chi connectivity index (χ0n) is 7.91. The van der Waals surface area contributed by atoms with Crippen LogP contribution in [0.2, 0.25) is 5.02 Å². The van der Waals surface area contributed by atoms with E-state index in [1.807, 2.05) is 0 Å². The van der Waals surface area contributed by atoms with Gasteiger partial charge in [0.2, 0.25) is 0 Å². The predicted octanol–water partition coefficient (Wildman–Crippen LogP) is 1.25. The van der Waals surface area contributed by atoms with E-state index in [9.17, 15) is 9.90 Å². The number of benzene rings is 1. The number of phenolic OH excluding ortho intramolecular Hbond substituents is 1. The fraction of sp³-hybridized carbons (Fsp3) is 0.222. The fourth-order valence-corrected chi connectivity index (χ4v) is 1.13. The largest absolute Gasteiger partial charge is 0.507 e. The second kappa shape index (κ2) is 4.30. The maximum atomic E-state index is 11.4. The van der Waals surface area contributed by atoms with Crippen LogP contribution in [0.1, 0.15) is 10.4 Å². The van der Waals surface area contributed by atoms with Gasteiger partial charge in [0, 0.05) is 19.1 Å². The minimum atomic E-state index is -0.371. The SMILES string of the molecule is CN(C)NC(=O)c1ccc(Cl)cc1O. The number of hydrogen-bond acceptors (Lipinski definition) is 3. The van der Waals surface area contributed by atoms with Crippen LogP contribution in [0, 0.1) is 0 Å². The smallest absolute Gasteiger partial charge is 0.269 e. The van der Waals surface area contributed by atoms with Gasteiger partial charge in [-0.05, 0) is 18.2 Å². The third-order valence-corrected chi connectivity index (χ3v) is 1.76. The summed E-state index contributed by atoms with van der Waals surface area (Å²) in [6.45, 7) is 0. The Morgan fingerprint density at radius 1 is 1.50 bits per heavy atom. The van der Waals surface area contributed by atoms with E-state index in [0.29, 0.717) is 5.02 Å². The molecule has 1 aromatic rings. The number of halogens is 1. The molecule has 1 amide bonds. The molecule has 0 radical (unpaired) electrons. The average molecular weight is 215 g/mol. The lowest BCUT2D eigenvalue weighted by Gasteiger charge is -2.12. The van der Waals surface area contributed by atoms with E-state index in [-0.39, 0.29) is 17.2 Å². The average Bonchev–Trinajstić information content (AvgIpc) is 2.01. The molecule has 76 valence electrons. The van der Waals surface area contributed by atoms with Gasteiger partial charge in [-0.25, -0.2) is 5.01 Å². The fourth-order valence-electron chi connectivity index (χ4n) is 0.960. The van der Waals surface area contributed by atoms with Crippen molar-refractivity contribution in [1.82, 2.24) is 10.4 Å². The number of hydrogen-bond donors (Lipinski definition) is 2. The van der Waals surface area contributed by atoms with Gasteiger partial charge in [-0.2, -0.15) is 0 Å². The molecule has 14 heavy (non-hydrogen) atoms. The zero-order chi connectivity index (χ0) is 10.7.